The molecule has 1 amide bonds. The number of hydrogen-bond donors (Lipinski definition) is 1. The quantitative estimate of drug-likeness (QED) is 0.688. The summed E-state index contributed by atoms with van der Waals surface area (Å²) in [6.45, 7) is 1.94. The SMILES string of the molecule is COc1cc2c(CCNC(C)=O)cn(C(=O)c3ccc(Cl)cc3)c2cc1Cl. The van der Waals surface area contributed by atoms with Crippen molar-refractivity contribution in [2.45, 2.75) is 13.3 Å². The van der Waals surface area contributed by atoms with Crippen LogP contribution >= 0.6 is 23.2 Å². The van der Waals surface area contributed by atoms with Gasteiger partial charge >= 0.3 is 0 Å². The molecule has 0 spiro atoms. The number of fused-ring (bicyclic) bond motifs is 1. The minimum Gasteiger partial charge on any atom is -0.495 e. The molecule has 7 heteroatoms. The molecular formula is C20H18Cl2N2O3. The third kappa shape index (κ3) is 4.10. The van der Waals surface area contributed by atoms with Crippen LogP contribution in [-0.4, -0.2) is 30.0 Å². The molecule has 0 aliphatic heterocycles. The molecule has 1 aromatic heterocycles. The lowest BCUT2D eigenvalue weighted by atomic mass is 10.1. The summed E-state index contributed by atoms with van der Waals surface area (Å²) in [5.41, 5.74) is 2.10. The van der Waals surface area contributed by atoms with Crippen LogP contribution in [0.15, 0.2) is 42.6 Å². The molecule has 0 aliphatic carbocycles. The number of carbonyl (C=O) groups is 2. The van der Waals surface area contributed by atoms with Gasteiger partial charge < -0.3 is 10.1 Å². The Morgan fingerprint density at radius 1 is 1.15 bits per heavy atom. The van der Waals surface area contributed by atoms with Crippen LogP contribution in [0.2, 0.25) is 10.0 Å². The number of carbonyl (C=O) groups excluding carboxylic acids is 2. The van der Waals surface area contributed by atoms with E-state index in [0.717, 1.165) is 10.9 Å². The molecule has 0 radical (unpaired) electrons. The van der Waals surface area contributed by atoms with Crippen molar-refractivity contribution in [3.05, 3.63) is 63.8 Å². The van der Waals surface area contributed by atoms with Gasteiger partial charge in [-0.15, -0.1) is 0 Å². The highest BCUT2D eigenvalue weighted by atomic mass is 35.5. The molecule has 27 heavy (non-hydrogen) atoms. The minimum absolute atomic E-state index is 0.100. The molecule has 140 valence electrons. The van der Waals surface area contributed by atoms with Gasteiger partial charge in [0.05, 0.1) is 17.6 Å². The number of methoxy groups -OCH3 is 1. The molecule has 0 bridgehead atoms. The second-order valence-corrected chi connectivity index (χ2v) is 6.92. The van der Waals surface area contributed by atoms with E-state index in [0.29, 0.717) is 39.8 Å². The molecule has 2 aromatic carbocycles. The summed E-state index contributed by atoms with van der Waals surface area (Å²) in [6.07, 6.45) is 2.35. The Morgan fingerprint density at radius 2 is 1.85 bits per heavy atom. The second kappa shape index (κ2) is 8.03. The van der Waals surface area contributed by atoms with Crippen molar-refractivity contribution in [3.63, 3.8) is 0 Å². The number of hydrogen-bond acceptors (Lipinski definition) is 3. The summed E-state index contributed by atoms with van der Waals surface area (Å²) in [5, 5.41) is 4.60. The van der Waals surface area contributed by atoms with Gasteiger partial charge in [-0.05, 0) is 48.4 Å². The summed E-state index contributed by atoms with van der Waals surface area (Å²) in [5.74, 6) is 0.238. The van der Waals surface area contributed by atoms with Gasteiger partial charge in [0.1, 0.15) is 5.75 Å². The number of rotatable bonds is 5. The fraction of sp³-hybridized carbons (Fsp3) is 0.200. The zero-order chi connectivity index (χ0) is 19.6. The summed E-state index contributed by atoms with van der Waals surface area (Å²) in [4.78, 5) is 24.2. The van der Waals surface area contributed by atoms with Crippen molar-refractivity contribution >= 4 is 45.9 Å². The standard InChI is InChI=1S/C20H18Cl2N2O3/c1-12(25)23-8-7-14-11-24(20(26)13-3-5-15(21)6-4-13)18-10-17(22)19(27-2)9-16(14)18/h3-6,9-11H,7-8H2,1-2H3,(H,23,25). The number of benzene rings is 2. The average molecular weight is 405 g/mol. The van der Waals surface area contributed by atoms with Crippen molar-refractivity contribution in [2.24, 2.45) is 0 Å². The first-order chi connectivity index (χ1) is 12.9. The first kappa shape index (κ1) is 19.3. The van der Waals surface area contributed by atoms with Gasteiger partial charge in [0.15, 0.2) is 0 Å². The number of ether oxygens (including phenoxy) is 1. The maximum atomic E-state index is 13.0. The van der Waals surface area contributed by atoms with Crippen LogP contribution in [-0.2, 0) is 11.2 Å². The Bertz CT molecular complexity index is 1010. The molecule has 3 rings (SSSR count). The zero-order valence-electron chi connectivity index (χ0n) is 14.9. The zero-order valence-corrected chi connectivity index (χ0v) is 16.4. The maximum absolute atomic E-state index is 13.0. The van der Waals surface area contributed by atoms with Crippen molar-refractivity contribution in [3.8, 4) is 5.75 Å². The number of nitrogens with zero attached hydrogens (tertiary/aromatic N) is 1. The monoisotopic (exact) mass is 404 g/mol. The molecule has 5 nitrogen and oxygen atoms in total. The Morgan fingerprint density at radius 3 is 2.48 bits per heavy atom. The van der Waals surface area contributed by atoms with E-state index in [1.807, 2.05) is 6.07 Å². The van der Waals surface area contributed by atoms with E-state index in [9.17, 15) is 9.59 Å². The average Bonchev–Trinajstić information content (AvgIpc) is 2.98. The highest BCUT2D eigenvalue weighted by molar-refractivity contribution is 6.33. The smallest absolute Gasteiger partial charge is 0.262 e. The van der Waals surface area contributed by atoms with Crippen molar-refractivity contribution < 1.29 is 14.3 Å². The lowest BCUT2D eigenvalue weighted by molar-refractivity contribution is -0.118. The lowest BCUT2D eigenvalue weighted by Crippen LogP contribution is -2.22. The summed E-state index contributed by atoms with van der Waals surface area (Å²) in [6, 6.07) is 10.2. The van der Waals surface area contributed by atoms with Crippen LogP contribution in [0.4, 0.5) is 0 Å². The highest BCUT2D eigenvalue weighted by Crippen LogP contribution is 2.33. The fourth-order valence-corrected chi connectivity index (χ4v) is 3.28. The molecule has 3 aromatic rings. The normalized spacial score (nSPS) is 10.8. The molecule has 0 saturated carbocycles. The van der Waals surface area contributed by atoms with Gasteiger partial charge in [-0.25, -0.2) is 0 Å². The van der Waals surface area contributed by atoms with Gasteiger partial charge in [0, 0.05) is 35.6 Å². The van der Waals surface area contributed by atoms with Crippen LogP contribution in [0.1, 0.15) is 22.8 Å². The molecular weight excluding hydrogens is 387 g/mol. The Balaban J connectivity index is 2.08. The van der Waals surface area contributed by atoms with Crippen LogP contribution in [0.3, 0.4) is 0 Å². The van der Waals surface area contributed by atoms with E-state index in [1.165, 1.54) is 6.92 Å². The van der Waals surface area contributed by atoms with Gasteiger partial charge in [-0.1, -0.05) is 23.2 Å². The van der Waals surface area contributed by atoms with E-state index in [1.54, 1.807) is 48.2 Å². The Hall–Kier alpha value is -2.50. The molecule has 0 unspecified atom stereocenters. The number of nitrogens with one attached hydrogen (secondary N) is 1. The molecule has 1 N–H and O–H groups in total. The predicted octanol–water partition coefficient (Wildman–Crippen LogP) is 4.32. The molecule has 0 atom stereocenters. The highest BCUT2D eigenvalue weighted by Gasteiger charge is 2.18. The van der Waals surface area contributed by atoms with Crippen molar-refractivity contribution in [1.82, 2.24) is 9.88 Å². The van der Waals surface area contributed by atoms with Gasteiger partial charge in [-0.2, -0.15) is 0 Å². The first-order valence-electron chi connectivity index (χ1n) is 8.33. The topological polar surface area (TPSA) is 60.3 Å². The van der Waals surface area contributed by atoms with Crippen molar-refractivity contribution in [2.75, 3.05) is 13.7 Å². The largest absolute Gasteiger partial charge is 0.495 e. The van der Waals surface area contributed by atoms with Crippen LogP contribution in [0.5, 0.6) is 5.75 Å². The van der Waals surface area contributed by atoms with Crippen LogP contribution < -0.4 is 10.1 Å². The molecule has 0 aliphatic rings. The van der Waals surface area contributed by atoms with E-state index < -0.39 is 0 Å². The number of aromatic nitrogens is 1. The summed E-state index contributed by atoms with van der Waals surface area (Å²) < 4.78 is 6.87. The third-order valence-electron chi connectivity index (χ3n) is 4.24. The summed E-state index contributed by atoms with van der Waals surface area (Å²) in [7, 11) is 1.54. The number of amides is 1. The fourth-order valence-electron chi connectivity index (χ4n) is 2.92. The Kier molecular flexibility index (Phi) is 5.73. The molecule has 0 fully saturated rings. The van der Waals surface area contributed by atoms with E-state index in [4.69, 9.17) is 27.9 Å². The molecule has 1 heterocycles. The van der Waals surface area contributed by atoms with Crippen LogP contribution in [0, 0.1) is 0 Å². The maximum Gasteiger partial charge on any atom is 0.262 e. The van der Waals surface area contributed by atoms with Gasteiger partial charge in [0.2, 0.25) is 5.91 Å². The first-order valence-corrected chi connectivity index (χ1v) is 9.08. The van der Waals surface area contributed by atoms with Gasteiger partial charge in [-0.3, -0.25) is 14.2 Å². The van der Waals surface area contributed by atoms with Crippen LogP contribution in [0.25, 0.3) is 10.9 Å². The number of halogens is 2. The predicted molar refractivity (Wildman–Crippen MR) is 107 cm³/mol. The third-order valence-corrected chi connectivity index (χ3v) is 4.79. The van der Waals surface area contributed by atoms with E-state index in [-0.39, 0.29) is 11.8 Å². The molecule has 0 saturated heterocycles. The van der Waals surface area contributed by atoms with E-state index >= 15 is 0 Å². The van der Waals surface area contributed by atoms with Gasteiger partial charge in [0.25, 0.3) is 5.91 Å². The summed E-state index contributed by atoms with van der Waals surface area (Å²) >= 11 is 12.2. The van der Waals surface area contributed by atoms with Crippen molar-refractivity contribution in [1.29, 1.82) is 0 Å². The lowest BCUT2D eigenvalue weighted by Gasteiger charge is -2.07. The second-order valence-electron chi connectivity index (χ2n) is 6.07. The van der Waals surface area contributed by atoms with E-state index in [2.05, 4.69) is 5.32 Å². The minimum atomic E-state index is -0.191. The Labute approximate surface area is 166 Å².